The number of para-hydroxylation sites is 3. The number of carbonyl (C=O) groups is 1. The maximum atomic E-state index is 12.9. The molecule has 0 aliphatic heterocycles. The van der Waals surface area contributed by atoms with Gasteiger partial charge in [0.05, 0.1) is 36.8 Å². The third-order valence-electron chi connectivity index (χ3n) is 6.11. The minimum atomic E-state index is -0.172. The van der Waals surface area contributed by atoms with Gasteiger partial charge in [0, 0.05) is 18.4 Å². The zero-order valence-electron chi connectivity index (χ0n) is 19.4. The first-order chi connectivity index (χ1) is 16.6. The molecule has 0 saturated heterocycles. The molecule has 0 spiro atoms. The number of rotatable bonds is 7. The van der Waals surface area contributed by atoms with Crippen molar-refractivity contribution in [3.63, 3.8) is 0 Å². The highest BCUT2D eigenvalue weighted by molar-refractivity contribution is 6.06. The number of aryl methyl sites for hydroxylation is 1. The lowest BCUT2D eigenvalue weighted by Crippen LogP contribution is -2.27. The van der Waals surface area contributed by atoms with Crippen molar-refractivity contribution in [1.29, 1.82) is 0 Å². The normalized spacial score (nSPS) is 12.2. The number of nitrogens with one attached hydrogen (secondary N) is 1. The first-order valence-corrected chi connectivity index (χ1v) is 11.2. The molecular weight excluding hydrogens is 428 g/mol. The highest BCUT2D eigenvalue weighted by Gasteiger charge is 2.17. The summed E-state index contributed by atoms with van der Waals surface area (Å²) in [6.07, 6.45) is 0.319. The van der Waals surface area contributed by atoms with Gasteiger partial charge in [0.2, 0.25) is 5.91 Å². The molecule has 0 bridgehead atoms. The van der Waals surface area contributed by atoms with Crippen LogP contribution in [0.15, 0.2) is 66.7 Å². The Bertz CT molecular complexity index is 1510. The number of carbonyl (C=O) groups excluding carboxylic acids is 1. The summed E-state index contributed by atoms with van der Waals surface area (Å²) in [5.41, 5.74) is 5.31. The first kappa shape index (κ1) is 21.7. The number of nitrogens with zero attached hydrogens (tertiary/aromatic N) is 3. The number of fused-ring (bicyclic) bond motifs is 4. The van der Waals surface area contributed by atoms with Crippen LogP contribution < -0.4 is 14.8 Å². The molecule has 2 heterocycles. The van der Waals surface area contributed by atoms with E-state index in [9.17, 15) is 4.79 Å². The van der Waals surface area contributed by atoms with Crippen LogP contribution in [-0.4, -0.2) is 34.7 Å². The van der Waals surface area contributed by atoms with Crippen molar-refractivity contribution in [2.24, 2.45) is 0 Å². The third-order valence-corrected chi connectivity index (χ3v) is 6.11. The van der Waals surface area contributed by atoms with Gasteiger partial charge in [-0.3, -0.25) is 4.79 Å². The molecule has 0 aliphatic carbocycles. The predicted octanol–water partition coefficient (Wildman–Crippen LogP) is 5.02. The molecule has 1 atom stereocenters. The zero-order valence-corrected chi connectivity index (χ0v) is 19.4. The fraction of sp³-hybridized carbons (Fsp3) is 0.222. The summed E-state index contributed by atoms with van der Waals surface area (Å²) in [7, 11) is 3.20. The third kappa shape index (κ3) is 3.90. The molecule has 34 heavy (non-hydrogen) atoms. The van der Waals surface area contributed by atoms with Crippen LogP contribution in [0.4, 0.5) is 0 Å². The number of amides is 1. The molecule has 0 aliphatic rings. The summed E-state index contributed by atoms with van der Waals surface area (Å²) in [6.45, 7) is 2.46. The summed E-state index contributed by atoms with van der Waals surface area (Å²) >= 11 is 0. The predicted molar refractivity (Wildman–Crippen MR) is 133 cm³/mol. The number of ether oxygens (including phenoxy) is 2. The van der Waals surface area contributed by atoms with Crippen molar-refractivity contribution >= 4 is 39.0 Å². The van der Waals surface area contributed by atoms with Crippen LogP contribution >= 0.6 is 0 Å². The van der Waals surface area contributed by atoms with E-state index in [1.54, 1.807) is 14.2 Å². The summed E-state index contributed by atoms with van der Waals surface area (Å²) in [5.74, 6) is 1.25. The van der Waals surface area contributed by atoms with E-state index >= 15 is 0 Å². The average Bonchev–Trinajstić information content (AvgIpc) is 3.18. The number of hydrogen-bond donors (Lipinski definition) is 1. The van der Waals surface area contributed by atoms with Crippen LogP contribution in [0.3, 0.4) is 0 Å². The summed E-state index contributed by atoms with van der Waals surface area (Å²) < 4.78 is 12.8. The Hall–Kier alpha value is -4.13. The lowest BCUT2D eigenvalue weighted by atomic mass is 10.1. The second kappa shape index (κ2) is 9.02. The second-order valence-electron chi connectivity index (χ2n) is 8.21. The van der Waals surface area contributed by atoms with Gasteiger partial charge in [0.25, 0.3) is 0 Å². The Morgan fingerprint density at radius 2 is 1.65 bits per heavy atom. The highest BCUT2D eigenvalue weighted by Crippen LogP contribution is 2.30. The molecule has 2 aromatic heterocycles. The van der Waals surface area contributed by atoms with Gasteiger partial charge in [-0.15, -0.1) is 0 Å². The zero-order chi connectivity index (χ0) is 23.7. The van der Waals surface area contributed by atoms with E-state index in [2.05, 4.69) is 16.0 Å². The molecule has 1 N–H and O–H groups in total. The van der Waals surface area contributed by atoms with E-state index < -0.39 is 0 Å². The molecule has 5 rings (SSSR count). The van der Waals surface area contributed by atoms with Crippen molar-refractivity contribution < 1.29 is 14.3 Å². The van der Waals surface area contributed by atoms with E-state index in [1.165, 1.54) is 0 Å². The van der Waals surface area contributed by atoms with Gasteiger partial charge in [0.15, 0.2) is 17.1 Å². The second-order valence-corrected chi connectivity index (χ2v) is 8.21. The topological polar surface area (TPSA) is 78.3 Å². The number of benzene rings is 3. The molecule has 1 unspecified atom stereocenters. The van der Waals surface area contributed by atoms with Crippen LogP contribution in [0.1, 0.15) is 24.9 Å². The van der Waals surface area contributed by atoms with Gasteiger partial charge in [-0.2, -0.15) is 0 Å². The van der Waals surface area contributed by atoms with E-state index in [0.717, 1.165) is 38.7 Å². The van der Waals surface area contributed by atoms with E-state index in [1.807, 2.05) is 67.6 Å². The lowest BCUT2D eigenvalue weighted by molar-refractivity contribution is -0.121. The van der Waals surface area contributed by atoms with Crippen molar-refractivity contribution in [3.05, 3.63) is 72.3 Å². The fourth-order valence-corrected chi connectivity index (χ4v) is 4.34. The molecular formula is C27H26N4O3. The van der Waals surface area contributed by atoms with Crippen LogP contribution in [0.25, 0.3) is 33.1 Å². The van der Waals surface area contributed by atoms with E-state index in [-0.39, 0.29) is 11.9 Å². The van der Waals surface area contributed by atoms with E-state index in [0.29, 0.717) is 24.5 Å². The van der Waals surface area contributed by atoms with Crippen LogP contribution in [0.2, 0.25) is 0 Å². The largest absolute Gasteiger partial charge is 0.493 e. The van der Waals surface area contributed by atoms with Crippen molar-refractivity contribution in [1.82, 2.24) is 19.9 Å². The minimum absolute atomic E-state index is 0.0398. The van der Waals surface area contributed by atoms with Gasteiger partial charge in [0.1, 0.15) is 5.52 Å². The lowest BCUT2D eigenvalue weighted by Gasteiger charge is -2.17. The van der Waals surface area contributed by atoms with Gasteiger partial charge in [-0.1, -0.05) is 36.4 Å². The maximum absolute atomic E-state index is 12.9. The summed E-state index contributed by atoms with van der Waals surface area (Å²) in [6, 6.07) is 21.4. The molecule has 172 valence electrons. The molecule has 7 nitrogen and oxygen atoms in total. The highest BCUT2D eigenvalue weighted by atomic mass is 16.5. The van der Waals surface area contributed by atoms with Crippen molar-refractivity contribution in [2.75, 3.05) is 14.2 Å². The van der Waals surface area contributed by atoms with E-state index in [4.69, 9.17) is 19.4 Å². The molecule has 0 fully saturated rings. The van der Waals surface area contributed by atoms with Gasteiger partial charge < -0.3 is 19.4 Å². The maximum Gasteiger partial charge on any atom is 0.222 e. The Balaban J connectivity index is 1.39. The average molecular weight is 455 g/mol. The molecule has 0 saturated carbocycles. The van der Waals surface area contributed by atoms with Gasteiger partial charge in [-0.25, -0.2) is 9.97 Å². The van der Waals surface area contributed by atoms with Gasteiger partial charge in [-0.05, 0) is 42.8 Å². The Morgan fingerprint density at radius 3 is 2.41 bits per heavy atom. The van der Waals surface area contributed by atoms with Crippen molar-refractivity contribution in [2.45, 2.75) is 25.9 Å². The standard InChI is InChI=1S/C27H26N4O3/c1-17(18-12-13-23(33-2)24(16-18)34-3)28-25(32)14-15-31-22-11-7-4-8-19(22)26-27(31)30-21-10-6-5-9-20(21)29-26/h4-13,16-17H,14-15H2,1-3H3,(H,28,32). The number of aromatic nitrogens is 3. The monoisotopic (exact) mass is 454 g/mol. The van der Waals surface area contributed by atoms with Crippen LogP contribution in [-0.2, 0) is 11.3 Å². The van der Waals surface area contributed by atoms with Crippen molar-refractivity contribution in [3.8, 4) is 11.5 Å². The number of hydrogen-bond acceptors (Lipinski definition) is 5. The molecule has 3 aromatic carbocycles. The molecule has 0 radical (unpaired) electrons. The van der Waals surface area contributed by atoms with Gasteiger partial charge >= 0.3 is 0 Å². The summed E-state index contributed by atoms with van der Waals surface area (Å²) in [4.78, 5) is 22.6. The molecule has 1 amide bonds. The fourth-order valence-electron chi connectivity index (χ4n) is 4.34. The summed E-state index contributed by atoms with van der Waals surface area (Å²) in [5, 5.41) is 4.13. The molecule has 7 heteroatoms. The van der Waals surface area contributed by atoms with Crippen LogP contribution in [0, 0.1) is 0 Å². The minimum Gasteiger partial charge on any atom is -0.493 e. The SMILES string of the molecule is COc1ccc(C(C)NC(=O)CCn2c3ccccc3c3nc4ccccc4nc32)cc1OC. The quantitative estimate of drug-likeness (QED) is 0.374. The smallest absolute Gasteiger partial charge is 0.222 e. The first-order valence-electron chi connectivity index (χ1n) is 11.2. The number of methoxy groups -OCH3 is 2. The Morgan fingerprint density at radius 1 is 0.941 bits per heavy atom. The Labute approximate surface area is 197 Å². The van der Waals surface area contributed by atoms with Crippen LogP contribution in [0.5, 0.6) is 11.5 Å². The Kier molecular flexibility index (Phi) is 5.76. The molecule has 5 aromatic rings.